The summed E-state index contributed by atoms with van der Waals surface area (Å²) < 4.78 is 16.7. The zero-order chi connectivity index (χ0) is 15.8. The van der Waals surface area contributed by atoms with E-state index in [4.69, 9.17) is 10.5 Å². The van der Waals surface area contributed by atoms with Gasteiger partial charge in [-0.15, -0.1) is 0 Å². The second-order valence-corrected chi connectivity index (χ2v) is 6.93. The Balaban J connectivity index is 2.39. The molecule has 21 heavy (non-hydrogen) atoms. The van der Waals surface area contributed by atoms with Gasteiger partial charge in [0.15, 0.2) is 0 Å². The van der Waals surface area contributed by atoms with Crippen LogP contribution >= 0.6 is 0 Å². The Labute approximate surface area is 128 Å². The van der Waals surface area contributed by atoms with Gasteiger partial charge in [0.25, 0.3) is 0 Å². The van der Waals surface area contributed by atoms with Crippen LogP contribution < -0.4 is 15.8 Å². The van der Waals surface area contributed by atoms with Crippen LogP contribution in [0.5, 0.6) is 5.75 Å². The summed E-state index contributed by atoms with van der Waals surface area (Å²) in [6, 6.07) is 5.11. The molecule has 0 fully saturated rings. The number of ether oxygens (including phenoxy) is 1. The van der Waals surface area contributed by atoms with Crippen molar-refractivity contribution >= 4 is 28.1 Å². The quantitative estimate of drug-likeness (QED) is 0.722. The Morgan fingerprint density at radius 3 is 2.71 bits per heavy atom. The van der Waals surface area contributed by atoms with Crippen molar-refractivity contribution in [1.29, 1.82) is 0 Å². The molecule has 0 saturated heterocycles. The number of amides is 1. The molecule has 1 amide bonds. The van der Waals surface area contributed by atoms with Crippen molar-refractivity contribution in [1.82, 2.24) is 0 Å². The molecule has 5 nitrogen and oxygen atoms in total. The van der Waals surface area contributed by atoms with Crippen LogP contribution in [0.4, 0.5) is 11.4 Å². The third-order valence-corrected chi connectivity index (χ3v) is 4.61. The number of methoxy groups -OCH3 is 1. The summed E-state index contributed by atoms with van der Waals surface area (Å²) in [5, 5.41) is 2.76. The largest absolute Gasteiger partial charge is 0.497 e. The molecule has 0 aliphatic carbocycles. The second kappa shape index (κ2) is 8.67. The molecule has 0 spiro atoms. The highest BCUT2D eigenvalue weighted by molar-refractivity contribution is 7.84. The van der Waals surface area contributed by atoms with Gasteiger partial charge in [0.05, 0.1) is 18.5 Å². The SMILES string of the molecule is COc1ccc(NC(=O)CCCS(=O)CC(C)C)c(N)c1. The number of anilines is 2. The number of rotatable bonds is 8. The first-order valence-electron chi connectivity index (χ1n) is 7.00. The molecule has 0 radical (unpaired) electrons. The van der Waals surface area contributed by atoms with Gasteiger partial charge >= 0.3 is 0 Å². The number of nitrogens with one attached hydrogen (secondary N) is 1. The van der Waals surface area contributed by atoms with Gasteiger partial charge in [-0.2, -0.15) is 0 Å². The molecule has 6 heteroatoms. The minimum absolute atomic E-state index is 0.117. The predicted octanol–water partition coefficient (Wildman–Crippen LogP) is 2.40. The van der Waals surface area contributed by atoms with Gasteiger partial charge < -0.3 is 15.8 Å². The van der Waals surface area contributed by atoms with Gasteiger partial charge in [-0.05, 0) is 24.5 Å². The van der Waals surface area contributed by atoms with E-state index in [9.17, 15) is 9.00 Å². The van der Waals surface area contributed by atoms with Crippen LogP contribution in [-0.2, 0) is 15.6 Å². The van der Waals surface area contributed by atoms with E-state index < -0.39 is 10.8 Å². The van der Waals surface area contributed by atoms with Crippen LogP contribution in [-0.4, -0.2) is 28.7 Å². The van der Waals surface area contributed by atoms with E-state index in [0.29, 0.717) is 47.4 Å². The lowest BCUT2D eigenvalue weighted by molar-refractivity contribution is -0.116. The van der Waals surface area contributed by atoms with Gasteiger partial charge in [-0.3, -0.25) is 9.00 Å². The number of hydrogen-bond donors (Lipinski definition) is 2. The fourth-order valence-corrected chi connectivity index (χ4v) is 3.22. The van der Waals surface area contributed by atoms with Crippen molar-refractivity contribution in [2.45, 2.75) is 26.7 Å². The van der Waals surface area contributed by atoms with Crippen LogP contribution in [0, 0.1) is 5.92 Å². The lowest BCUT2D eigenvalue weighted by atomic mass is 10.2. The summed E-state index contributed by atoms with van der Waals surface area (Å²) in [5.74, 6) is 2.19. The molecule has 0 aliphatic rings. The Morgan fingerprint density at radius 2 is 2.14 bits per heavy atom. The van der Waals surface area contributed by atoms with Crippen LogP contribution in [0.25, 0.3) is 0 Å². The maximum absolute atomic E-state index is 11.8. The third-order valence-electron chi connectivity index (χ3n) is 2.83. The van der Waals surface area contributed by atoms with Crippen molar-refractivity contribution < 1.29 is 13.7 Å². The molecule has 1 aromatic rings. The van der Waals surface area contributed by atoms with Gasteiger partial charge in [-0.25, -0.2) is 0 Å². The first-order valence-corrected chi connectivity index (χ1v) is 8.49. The molecular weight excluding hydrogens is 288 g/mol. The Morgan fingerprint density at radius 1 is 1.43 bits per heavy atom. The van der Waals surface area contributed by atoms with Gasteiger partial charge in [0, 0.05) is 34.8 Å². The molecule has 1 rings (SSSR count). The maximum atomic E-state index is 11.8. The summed E-state index contributed by atoms with van der Waals surface area (Å²) in [4.78, 5) is 11.8. The van der Waals surface area contributed by atoms with Crippen LogP contribution in [0.15, 0.2) is 18.2 Å². The van der Waals surface area contributed by atoms with Crippen molar-refractivity contribution in [3.8, 4) is 5.75 Å². The summed E-state index contributed by atoms with van der Waals surface area (Å²) in [5.41, 5.74) is 6.87. The number of carbonyl (C=O) groups excluding carboxylic acids is 1. The molecule has 0 aliphatic heterocycles. The standard InChI is InChI=1S/C15H24N2O3S/c1-11(2)10-21(19)8-4-5-15(18)17-14-7-6-12(20-3)9-13(14)16/h6-7,9,11H,4-5,8,10,16H2,1-3H3,(H,17,18). The molecule has 1 unspecified atom stereocenters. The fraction of sp³-hybridized carbons (Fsp3) is 0.533. The zero-order valence-corrected chi connectivity index (χ0v) is 13.7. The Hall–Kier alpha value is -1.56. The lowest BCUT2D eigenvalue weighted by Gasteiger charge is -2.10. The minimum atomic E-state index is -0.843. The zero-order valence-electron chi connectivity index (χ0n) is 12.8. The Bertz CT molecular complexity index is 504. The normalized spacial score (nSPS) is 12.2. The van der Waals surface area contributed by atoms with Crippen LogP contribution in [0.3, 0.4) is 0 Å². The summed E-state index contributed by atoms with van der Waals surface area (Å²) >= 11 is 0. The summed E-state index contributed by atoms with van der Waals surface area (Å²) in [6.45, 7) is 4.08. The number of benzene rings is 1. The molecule has 0 heterocycles. The highest BCUT2D eigenvalue weighted by Gasteiger charge is 2.08. The van der Waals surface area contributed by atoms with Crippen LogP contribution in [0.2, 0.25) is 0 Å². The summed E-state index contributed by atoms with van der Waals surface area (Å²) in [7, 11) is 0.717. The Kier molecular flexibility index (Phi) is 7.22. The van der Waals surface area contributed by atoms with Gasteiger partial charge in [-0.1, -0.05) is 13.8 Å². The average Bonchev–Trinajstić information content (AvgIpc) is 2.40. The van der Waals surface area contributed by atoms with E-state index >= 15 is 0 Å². The van der Waals surface area contributed by atoms with Crippen molar-refractivity contribution in [2.75, 3.05) is 29.7 Å². The van der Waals surface area contributed by atoms with Crippen molar-refractivity contribution in [3.63, 3.8) is 0 Å². The molecule has 1 aromatic carbocycles. The van der Waals surface area contributed by atoms with E-state index in [1.54, 1.807) is 25.3 Å². The molecule has 118 valence electrons. The molecule has 0 aromatic heterocycles. The number of nitrogens with two attached hydrogens (primary N) is 1. The number of hydrogen-bond acceptors (Lipinski definition) is 4. The third kappa shape index (κ3) is 6.62. The van der Waals surface area contributed by atoms with E-state index in [0.717, 1.165) is 0 Å². The monoisotopic (exact) mass is 312 g/mol. The topological polar surface area (TPSA) is 81.4 Å². The number of nitrogen functional groups attached to an aromatic ring is 1. The predicted molar refractivity (Wildman–Crippen MR) is 88.0 cm³/mol. The van der Waals surface area contributed by atoms with E-state index in [1.165, 1.54) is 0 Å². The fourth-order valence-electron chi connectivity index (χ4n) is 1.84. The lowest BCUT2D eigenvalue weighted by Crippen LogP contribution is -2.15. The van der Waals surface area contributed by atoms with Gasteiger partial charge in [0.2, 0.25) is 5.91 Å². The molecular formula is C15H24N2O3S. The maximum Gasteiger partial charge on any atom is 0.224 e. The molecule has 0 saturated carbocycles. The van der Waals surface area contributed by atoms with E-state index in [2.05, 4.69) is 5.32 Å². The average molecular weight is 312 g/mol. The highest BCUT2D eigenvalue weighted by Crippen LogP contribution is 2.24. The minimum Gasteiger partial charge on any atom is -0.497 e. The van der Waals surface area contributed by atoms with Crippen molar-refractivity contribution in [2.24, 2.45) is 5.92 Å². The van der Waals surface area contributed by atoms with E-state index in [1.807, 2.05) is 13.8 Å². The molecule has 1 atom stereocenters. The summed E-state index contributed by atoms with van der Waals surface area (Å²) in [6.07, 6.45) is 0.955. The highest BCUT2D eigenvalue weighted by atomic mass is 32.2. The first-order chi connectivity index (χ1) is 9.92. The van der Waals surface area contributed by atoms with Crippen molar-refractivity contribution in [3.05, 3.63) is 18.2 Å². The molecule has 0 bridgehead atoms. The van der Waals surface area contributed by atoms with Gasteiger partial charge in [0.1, 0.15) is 5.75 Å². The first kappa shape index (κ1) is 17.5. The van der Waals surface area contributed by atoms with E-state index in [-0.39, 0.29) is 5.91 Å². The number of carbonyl (C=O) groups is 1. The molecule has 3 N–H and O–H groups in total. The second-order valence-electron chi connectivity index (χ2n) is 5.31. The van der Waals surface area contributed by atoms with Crippen LogP contribution in [0.1, 0.15) is 26.7 Å². The smallest absolute Gasteiger partial charge is 0.224 e.